The minimum Gasteiger partial charge on any atom is -0.330 e. The monoisotopic (exact) mass is 167 g/mol. The van der Waals surface area contributed by atoms with E-state index in [-0.39, 0.29) is 0 Å². The van der Waals surface area contributed by atoms with Crippen LogP contribution in [0.1, 0.15) is 40.0 Å². The van der Waals surface area contributed by atoms with E-state index < -0.39 is 0 Å². The van der Waals surface area contributed by atoms with Crippen molar-refractivity contribution in [2.45, 2.75) is 40.0 Å². The van der Waals surface area contributed by atoms with Crippen molar-refractivity contribution in [2.75, 3.05) is 6.54 Å². The van der Waals surface area contributed by atoms with Gasteiger partial charge in [0.1, 0.15) is 0 Å². The molecule has 1 saturated carbocycles. The van der Waals surface area contributed by atoms with Gasteiger partial charge in [-0.25, -0.2) is 0 Å². The van der Waals surface area contributed by atoms with E-state index >= 15 is 0 Å². The van der Waals surface area contributed by atoms with Crippen molar-refractivity contribution >= 4 is 0 Å². The van der Waals surface area contributed by atoms with Crippen molar-refractivity contribution in [3.63, 3.8) is 0 Å². The van der Waals surface area contributed by atoms with Crippen LogP contribution in [0.25, 0.3) is 0 Å². The molecule has 1 aliphatic rings. The minimum atomic E-state index is 0.528. The van der Waals surface area contributed by atoms with Gasteiger partial charge in [0.25, 0.3) is 0 Å². The fraction of sp³-hybridized carbons (Fsp3) is 0.818. The van der Waals surface area contributed by atoms with Crippen molar-refractivity contribution in [1.82, 2.24) is 0 Å². The van der Waals surface area contributed by atoms with E-state index in [1.54, 1.807) is 5.57 Å². The lowest BCUT2D eigenvalue weighted by Gasteiger charge is -2.14. The van der Waals surface area contributed by atoms with Gasteiger partial charge in [-0.1, -0.05) is 32.4 Å². The van der Waals surface area contributed by atoms with Gasteiger partial charge < -0.3 is 5.73 Å². The molecule has 1 atom stereocenters. The molecule has 0 aromatic heterocycles. The Hall–Kier alpha value is -0.300. The van der Waals surface area contributed by atoms with Crippen LogP contribution in [0.15, 0.2) is 11.6 Å². The molecular weight excluding hydrogens is 146 g/mol. The topological polar surface area (TPSA) is 26.0 Å². The summed E-state index contributed by atoms with van der Waals surface area (Å²) in [5.74, 6) is 0.784. The second-order valence-corrected chi connectivity index (χ2v) is 4.80. The first-order valence-corrected chi connectivity index (χ1v) is 4.94. The van der Waals surface area contributed by atoms with E-state index in [0.717, 1.165) is 18.9 Å². The average molecular weight is 167 g/mol. The van der Waals surface area contributed by atoms with Crippen molar-refractivity contribution in [1.29, 1.82) is 0 Å². The van der Waals surface area contributed by atoms with Crippen molar-refractivity contribution in [2.24, 2.45) is 17.1 Å². The first-order valence-electron chi connectivity index (χ1n) is 4.94. The summed E-state index contributed by atoms with van der Waals surface area (Å²) < 4.78 is 0. The highest BCUT2D eigenvalue weighted by atomic mass is 14.5. The smallest absolute Gasteiger partial charge is 0.00425 e. The molecule has 1 fully saturated rings. The second-order valence-electron chi connectivity index (χ2n) is 4.80. The maximum absolute atomic E-state index is 5.48. The zero-order chi connectivity index (χ0) is 9.19. The Kier molecular flexibility index (Phi) is 2.94. The van der Waals surface area contributed by atoms with Crippen LogP contribution in [0.3, 0.4) is 0 Å². The fourth-order valence-corrected chi connectivity index (χ4v) is 2.30. The minimum absolute atomic E-state index is 0.528. The lowest BCUT2D eigenvalue weighted by atomic mass is 9.91. The molecule has 1 rings (SSSR count). The van der Waals surface area contributed by atoms with Crippen LogP contribution in [0, 0.1) is 11.3 Å². The van der Waals surface area contributed by atoms with Crippen LogP contribution in [-0.4, -0.2) is 6.54 Å². The van der Waals surface area contributed by atoms with Gasteiger partial charge in [0, 0.05) is 0 Å². The van der Waals surface area contributed by atoms with Gasteiger partial charge in [-0.15, -0.1) is 0 Å². The molecule has 2 N–H and O–H groups in total. The SMILES string of the molecule is CC1CC(C)(C)CC1=CCCN. The van der Waals surface area contributed by atoms with Crippen LogP contribution in [0.2, 0.25) is 0 Å². The maximum Gasteiger partial charge on any atom is -0.00425 e. The molecule has 1 aliphatic carbocycles. The summed E-state index contributed by atoms with van der Waals surface area (Å²) in [5, 5.41) is 0. The largest absolute Gasteiger partial charge is 0.330 e. The molecular formula is C11H21N. The summed E-state index contributed by atoms with van der Waals surface area (Å²) in [6, 6.07) is 0. The number of rotatable bonds is 2. The highest BCUT2D eigenvalue weighted by molar-refractivity contribution is 5.14. The molecule has 0 spiro atoms. The molecule has 0 bridgehead atoms. The highest BCUT2D eigenvalue weighted by Crippen LogP contribution is 2.44. The third kappa shape index (κ3) is 2.34. The van der Waals surface area contributed by atoms with Crippen LogP contribution in [0.5, 0.6) is 0 Å². The summed E-state index contributed by atoms with van der Waals surface area (Å²) in [5.41, 5.74) is 7.63. The molecule has 70 valence electrons. The molecule has 0 aromatic rings. The average Bonchev–Trinajstić information content (AvgIpc) is 2.20. The molecule has 0 amide bonds. The number of hydrogen-bond acceptors (Lipinski definition) is 1. The number of nitrogens with two attached hydrogens (primary N) is 1. The maximum atomic E-state index is 5.48. The van der Waals surface area contributed by atoms with Crippen LogP contribution < -0.4 is 5.73 Å². The van der Waals surface area contributed by atoms with E-state index in [2.05, 4.69) is 26.8 Å². The van der Waals surface area contributed by atoms with E-state index in [1.807, 2.05) is 0 Å². The summed E-state index contributed by atoms with van der Waals surface area (Å²) in [4.78, 5) is 0. The summed E-state index contributed by atoms with van der Waals surface area (Å²) in [6.07, 6.45) is 6.01. The van der Waals surface area contributed by atoms with Crippen LogP contribution in [-0.2, 0) is 0 Å². The molecule has 0 radical (unpaired) electrons. The molecule has 1 unspecified atom stereocenters. The van der Waals surface area contributed by atoms with E-state index in [0.29, 0.717) is 5.41 Å². The van der Waals surface area contributed by atoms with Crippen LogP contribution in [0.4, 0.5) is 0 Å². The molecule has 0 aliphatic heterocycles. The molecule has 12 heavy (non-hydrogen) atoms. The predicted molar refractivity (Wildman–Crippen MR) is 53.9 cm³/mol. The first-order chi connectivity index (χ1) is 5.55. The second kappa shape index (κ2) is 3.61. The Morgan fingerprint density at radius 3 is 2.67 bits per heavy atom. The highest BCUT2D eigenvalue weighted by Gasteiger charge is 2.31. The molecule has 1 heteroatoms. The van der Waals surface area contributed by atoms with Gasteiger partial charge in [0.2, 0.25) is 0 Å². The van der Waals surface area contributed by atoms with Gasteiger partial charge >= 0.3 is 0 Å². The quantitative estimate of drug-likeness (QED) is 0.629. The van der Waals surface area contributed by atoms with Gasteiger partial charge in [0.15, 0.2) is 0 Å². The third-order valence-corrected chi connectivity index (χ3v) is 2.75. The number of hydrogen-bond donors (Lipinski definition) is 1. The van der Waals surface area contributed by atoms with Gasteiger partial charge in [-0.2, -0.15) is 0 Å². The van der Waals surface area contributed by atoms with E-state index in [4.69, 9.17) is 5.73 Å². The normalized spacial score (nSPS) is 31.3. The first kappa shape index (κ1) is 9.79. The van der Waals surface area contributed by atoms with Gasteiger partial charge in [0.05, 0.1) is 0 Å². The van der Waals surface area contributed by atoms with E-state index in [9.17, 15) is 0 Å². The standard InChI is InChI=1S/C11H21N/c1-9-7-11(2,3)8-10(9)5-4-6-12/h5,9H,4,6-8,12H2,1-3H3. The fourth-order valence-electron chi connectivity index (χ4n) is 2.30. The van der Waals surface area contributed by atoms with Gasteiger partial charge in [-0.3, -0.25) is 0 Å². The summed E-state index contributed by atoms with van der Waals surface area (Å²) >= 11 is 0. The van der Waals surface area contributed by atoms with Crippen molar-refractivity contribution < 1.29 is 0 Å². The Bertz CT molecular complexity index is 179. The predicted octanol–water partition coefficient (Wildman–Crippen LogP) is 2.72. The summed E-state index contributed by atoms with van der Waals surface area (Å²) in [6.45, 7) is 7.83. The molecule has 1 nitrogen and oxygen atoms in total. The van der Waals surface area contributed by atoms with E-state index in [1.165, 1.54) is 12.8 Å². The zero-order valence-corrected chi connectivity index (χ0v) is 8.56. The Morgan fingerprint density at radius 2 is 2.25 bits per heavy atom. The Morgan fingerprint density at radius 1 is 1.58 bits per heavy atom. The lowest BCUT2D eigenvalue weighted by molar-refractivity contribution is 0.367. The zero-order valence-electron chi connectivity index (χ0n) is 8.56. The number of allylic oxidation sites excluding steroid dienone is 1. The Balaban J connectivity index is 2.57. The molecule has 0 aromatic carbocycles. The summed E-state index contributed by atoms with van der Waals surface area (Å²) in [7, 11) is 0. The van der Waals surface area contributed by atoms with Crippen LogP contribution >= 0.6 is 0 Å². The Labute approximate surface area is 76.0 Å². The van der Waals surface area contributed by atoms with Crippen molar-refractivity contribution in [3.8, 4) is 0 Å². The molecule has 0 heterocycles. The lowest BCUT2D eigenvalue weighted by Crippen LogP contribution is -2.03. The third-order valence-electron chi connectivity index (χ3n) is 2.75. The molecule has 0 saturated heterocycles. The van der Waals surface area contributed by atoms with Crippen molar-refractivity contribution in [3.05, 3.63) is 11.6 Å². The van der Waals surface area contributed by atoms with Gasteiger partial charge in [-0.05, 0) is 37.1 Å².